The maximum absolute atomic E-state index is 11.0. The van der Waals surface area contributed by atoms with Gasteiger partial charge in [-0.25, -0.2) is 4.79 Å². The van der Waals surface area contributed by atoms with Crippen LogP contribution in [0.4, 0.5) is 11.4 Å². The molecule has 0 radical (unpaired) electrons. The molecule has 2 rings (SSSR count). The lowest BCUT2D eigenvalue weighted by Gasteiger charge is -2.38. The monoisotopic (exact) mass is 248 g/mol. The van der Waals surface area contributed by atoms with Gasteiger partial charge in [0.15, 0.2) is 0 Å². The van der Waals surface area contributed by atoms with Crippen LogP contribution in [-0.4, -0.2) is 23.7 Å². The van der Waals surface area contributed by atoms with Crippen molar-refractivity contribution in [3.05, 3.63) is 23.8 Å². The van der Waals surface area contributed by atoms with Crippen LogP contribution in [0.1, 0.15) is 43.0 Å². The van der Waals surface area contributed by atoms with E-state index in [0.717, 1.165) is 31.5 Å². The van der Waals surface area contributed by atoms with E-state index in [1.807, 2.05) is 0 Å². The van der Waals surface area contributed by atoms with Crippen molar-refractivity contribution in [3.63, 3.8) is 0 Å². The molecule has 0 aromatic heterocycles. The van der Waals surface area contributed by atoms with E-state index >= 15 is 0 Å². The molecule has 1 aliphatic heterocycles. The Labute approximate surface area is 107 Å². The average molecular weight is 248 g/mol. The Morgan fingerprint density at radius 3 is 2.94 bits per heavy atom. The Bertz CT molecular complexity index is 445. The van der Waals surface area contributed by atoms with Gasteiger partial charge in [0.05, 0.1) is 16.9 Å². The summed E-state index contributed by atoms with van der Waals surface area (Å²) in [7, 11) is 0. The summed E-state index contributed by atoms with van der Waals surface area (Å²) in [6, 6.07) is 5.43. The molecule has 1 atom stereocenters. The van der Waals surface area contributed by atoms with Crippen molar-refractivity contribution in [2.24, 2.45) is 0 Å². The van der Waals surface area contributed by atoms with Gasteiger partial charge < -0.3 is 15.7 Å². The number of hydrogen-bond acceptors (Lipinski definition) is 3. The van der Waals surface area contributed by atoms with Crippen molar-refractivity contribution in [2.45, 2.75) is 38.6 Å². The van der Waals surface area contributed by atoms with Crippen LogP contribution >= 0.6 is 0 Å². The van der Waals surface area contributed by atoms with E-state index in [0.29, 0.717) is 17.3 Å². The molecule has 1 heterocycles. The second-order valence-corrected chi connectivity index (χ2v) is 4.83. The molecule has 98 valence electrons. The number of hydrogen-bond donors (Lipinski definition) is 2. The molecular weight excluding hydrogens is 228 g/mol. The van der Waals surface area contributed by atoms with Gasteiger partial charge in [-0.1, -0.05) is 6.92 Å². The SMILES string of the molecule is CCC1CCCCN1c1cc(C(=O)O)ccc1N. The van der Waals surface area contributed by atoms with Gasteiger partial charge in [-0.15, -0.1) is 0 Å². The Hall–Kier alpha value is -1.71. The summed E-state index contributed by atoms with van der Waals surface area (Å²) < 4.78 is 0. The lowest BCUT2D eigenvalue weighted by atomic mass is 9.98. The lowest BCUT2D eigenvalue weighted by Crippen LogP contribution is -2.39. The molecule has 1 aromatic carbocycles. The number of nitrogen functional groups attached to an aromatic ring is 1. The first-order valence-corrected chi connectivity index (χ1v) is 6.53. The molecule has 0 aliphatic carbocycles. The second kappa shape index (κ2) is 5.29. The summed E-state index contributed by atoms with van der Waals surface area (Å²) in [5, 5.41) is 9.06. The molecule has 18 heavy (non-hydrogen) atoms. The number of carboxylic acids is 1. The van der Waals surface area contributed by atoms with Gasteiger partial charge in [-0.2, -0.15) is 0 Å². The van der Waals surface area contributed by atoms with Crippen LogP contribution < -0.4 is 10.6 Å². The van der Waals surface area contributed by atoms with E-state index < -0.39 is 5.97 Å². The summed E-state index contributed by atoms with van der Waals surface area (Å²) in [6.07, 6.45) is 4.62. The number of nitrogens with two attached hydrogens (primary N) is 1. The first kappa shape index (κ1) is 12.7. The predicted molar refractivity (Wildman–Crippen MR) is 73.1 cm³/mol. The maximum atomic E-state index is 11.0. The van der Waals surface area contributed by atoms with Crippen LogP contribution in [-0.2, 0) is 0 Å². The van der Waals surface area contributed by atoms with Gasteiger partial charge in [-0.05, 0) is 43.9 Å². The number of benzene rings is 1. The van der Waals surface area contributed by atoms with E-state index in [2.05, 4.69) is 11.8 Å². The van der Waals surface area contributed by atoms with Gasteiger partial charge in [0, 0.05) is 12.6 Å². The van der Waals surface area contributed by atoms with Gasteiger partial charge in [0.25, 0.3) is 0 Å². The molecule has 0 saturated carbocycles. The Kier molecular flexibility index (Phi) is 3.75. The number of carbonyl (C=O) groups is 1. The fraction of sp³-hybridized carbons (Fsp3) is 0.500. The predicted octanol–water partition coefficient (Wildman–Crippen LogP) is 2.74. The fourth-order valence-corrected chi connectivity index (χ4v) is 2.67. The molecule has 4 nitrogen and oxygen atoms in total. The molecule has 0 amide bonds. The highest BCUT2D eigenvalue weighted by Gasteiger charge is 2.23. The largest absolute Gasteiger partial charge is 0.478 e. The first-order chi connectivity index (χ1) is 8.63. The molecular formula is C14H20N2O2. The van der Waals surface area contributed by atoms with Crippen molar-refractivity contribution in [3.8, 4) is 0 Å². The van der Waals surface area contributed by atoms with Crippen molar-refractivity contribution < 1.29 is 9.90 Å². The minimum absolute atomic E-state index is 0.305. The first-order valence-electron chi connectivity index (χ1n) is 6.53. The number of aromatic carboxylic acids is 1. The van der Waals surface area contributed by atoms with Gasteiger partial charge in [0.1, 0.15) is 0 Å². The smallest absolute Gasteiger partial charge is 0.335 e. The maximum Gasteiger partial charge on any atom is 0.335 e. The van der Waals surface area contributed by atoms with E-state index in [-0.39, 0.29) is 0 Å². The lowest BCUT2D eigenvalue weighted by molar-refractivity contribution is 0.0697. The highest BCUT2D eigenvalue weighted by Crippen LogP contribution is 2.31. The third-order valence-corrected chi connectivity index (χ3v) is 3.69. The van der Waals surface area contributed by atoms with Crippen LogP contribution in [0.5, 0.6) is 0 Å². The van der Waals surface area contributed by atoms with Gasteiger partial charge in [0.2, 0.25) is 0 Å². The highest BCUT2D eigenvalue weighted by atomic mass is 16.4. The highest BCUT2D eigenvalue weighted by molar-refractivity contribution is 5.90. The topological polar surface area (TPSA) is 66.6 Å². The van der Waals surface area contributed by atoms with Crippen molar-refractivity contribution in [2.75, 3.05) is 17.2 Å². The van der Waals surface area contributed by atoms with Crippen molar-refractivity contribution in [1.82, 2.24) is 0 Å². The van der Waals surface area contributed by atoms with Crippen molar-refractivity contribution in [1.29, 1.82) is 0 Å². The van der Waals surface area contributed by atoms with E-state index in [9.17, 15) is 4.79 Å². The molecule has 0 spiro atoms. The Morgan fingerprint density at radius 1 is 1.50 bits per heavy atom. The van der Waals surface area contributed by atoms with E-state index in [1.54, 1.807) is 18.2 Å². The van der Waals surface area contributed by atoms with Gasteiger partial charge in [-0.3, -0.25) is 0 Å². The Balaban J connectivity index is 2.35. The zero-order valence-electron chi connectivity index (χ0n) is 10.7. The molecule has 1 unspecified atom stereocenters. The van der Waals surface area contributed by atoms with E-state index in [1.165, 1.54) is 6.42 Å². The fourth-order valence-electron chi connectivity index (χ4n) is 2.67. The van der Waals surface area contributed by atoms with Crippen molar-refractivity contribution >= 4 is 17.3 Å². The molecule has 3 N–H and O–H groups in total. The van der Waals surface area contributed by atoms with Crippen LogP contribution in [0.3, 0.4) is 0 Å². The number of piperidine rings is 1. The summed E-state index contributed by atoms with van der Waals surface area (Å²) in [4.78, 5) is 13.3. The van der Waals surface area contributed by atoms with Gasteiger partial charge >= 0.3 is 5.97 Å². The molecule has 1 aliphatic rings. The third kappa shape index (κ3) is 2.42. The normalized spacial score (nSPS) is 19.8. The number of rotatable bonds is 3. The zero-order chi connectivity index (χ0) is 13.1. The van der Waals surface area contributed by atoms with E-state index in [4.69, 9.17) is 10.8 Å². The molecule has 1 fully saturated rings. The zero-order valence-corrected chi connectivity index (χ0v) is 10.7. The van der Waals surface area contributed by atoms with Crippen LogP contribution in [0.15, 0.2) is 18.2 Å². The standard InChI is InChI=1S/C14H20N2O2/c1-2-11-5-3-4-8-16(11)13-9-10(14(17)18)6-7-12(13)15/h6-7,9,11H,2-5,8,15H2,1H3,(H,17,18). The van der Waals surface area contributed by atoms with Crippen LogP contribution in [0, 0.1) is 0 Å². The quantitative estimate of drug-likeness (QED) is 0.807. The average Bonchev–Trinajstić information content (AvgIpc) is 2.39. The third-order valence-electron chi connectivity index (χ3n) is 3.69. The molecule has 0 bridgehead atoms. The van der Waals surface area contributed by atoms with Crippen LogP contribution in [0.25, 0.3) is 0 Å². The summed E-state index contributed by atoms with van der Waals surface area (Å²) in [6.45, 7) is 3.13. The van der Waals surface area contributed by atoms with Crippen LogP contribution in [0.2, 0.25) is 0 Å². The minimum atomic E-state index is -0.902. The summed E-state index contributed by atoms with van der Waals surface area (Å²) >= 11 is 0. The molecule has 4 heteroatoms. The summed E-state index contributed by atoms with van der Waals surface area (Å²) in [5.41, 5.74) is 7.85. The second-order valence-electron chi connectivity index (χ2n) is 4.83. The minimum Gasteiger partial charge on any atom is -0.478 e. The summed E-state index contributed by atoms with van der Waals surface area (Å²) in [5.74, 6) is -0.902. The number of carboxylic acid groups (broad SMARTS) is 1. The number of anilines is 2. The molecule has 1 saturated heterocycles. The molecule has 1 aromatic rings. The Morgan fingerprint density at radius 2 is 2.28 bits per heavy atom. The number of nitrogens with zero attached hydrogens (tertiary/aromatic N) is 1.